The fourth-order valence-electron chi connectivity index (χ4n) is 1.19. The molecule has 2 heteroatoms. The fraction of sp³-hybridized carbons (Fsp3) is 0. The molecule has 54 valence electrons. The molecule has 0 saturated heterocycles. The highest BCUT2D eigenvalue weighted by molar-refractivity contribution is 6.36. The summed E-state index contributed by atoms with van der Waals surface area (Å²) in [7, 11) is 0. The second-order valence-electron chi connectivity index (χ2n) is 2.40. The van der Waals surface area contributed by atoms with Gasteiger partial charge in [-0.2, -0.15) is 0 Å². The molecule has 1 aromatic rings. The number of benzene rings is 1. The summed E-state index contributed by atoms with van der Waals surface area (Å²) in [6, 6.07) is 5.44. The van der Waals surface area contributed by atoms with E-state index in [4.69, 9.17) is 11.6 Å². The Morgan fingerprint density at radius 3 is 2.73 bits per heavy atom. The normalized spacial score (nSPS) is 13.7. The van der Waals surface area contributed by atoms with Crippen LogP contribution in [0, 0.1) is 0 Å². The van der Waals surface area contributed by atoms with Gasteiger partial charge in [0.15, 0.2) is 5.78 Å². The molecule has 0 atom stereocenters. The lowest BCUT2D eigenvalue weighted by Gasteiger charge is -1.97. The molecule has 0 radical (unpaired) electrons. The molecule has 1 aliphatic carbocycles. The SMILES string of the molecule is O=C1C=Cc2cccc(Cl)c21. The van der Waals surface area contributed by atoms with Crippen LogP contribution in [-0.2, 0) is 0 Å². The topological polar surface area (TPSA) is 17.1 Å². The first kappa shape index (κ1) is 6.62. The summed E-state index contributed by atoms with van der Waals surface area (Å²) < 4.78 is 0. The van der Waals surface area contributed by atoms with Crippen LogP contribution in [0.1, 0.15) is 15.9 Å². The Balaban J connectivity index is 2.74. The van der Waals surface area contributed by atoms with Crippen molar-refractivity contribution in [3.8, 4) is 0 Å². The number of ketones is 1. The van der Waals surface area contributed by atoms with Crippen LogP contribution >= 0.6 is 11.6 Å². The minimum atomic E-state index is 0.00519. The minimum Gasteiger partial charge on any atom is -0.289 e. The molecule has 0 aliphatic heterocycles. The van der Waals surface area contributed by atoms with Gasteiger partial charge < -0.3 is 0 Å². The van der Waals surface area contributed by atoms with Crippen LogP contribution in [0.5, 0.6) is 0 Å². The Kier molecular flexibility index (Phi) is 1.33. The van der Waals surface area contributed by atoms with Crippen molar-refractivity contribution in [2.45, 2.75) is 0 Å². The Labute approximate surface area is 69.3 Å². The Morgan fingerprint density at radius 1 is 1.18 bits per heavy atom. The zero-order valence-electron chi connectivity index (χ0n) is 5.67. The molecule has 0 spiro atoms. The van der Waals surface area contributed by atoms with E-state index in [-0.39, 0.29) is 5.78 Å². The van der Waals surface area contributed by atoms with Gasteiger partial charge in [-0.05, 0) is 17.7 Å². The largest absolute Gasteiger partial charge is 0.289 e. The predicted octanol–water partition coefficient (Wildman–Crippen LogP) is 2.55. The van der Waals surface area contributed by atoms with E-state index in [9.17, 15) is 4.79 Å². The van der Waals surface area contributed by atoms with Gasteiger partial charge in [0.05, 0.1) is 5.02 Å². The highest BCUT2D eigenvalue weighted by Crippen LogP contribution is 2.26. The summed E-state index contributed by atoms with van der Waals surface area (Å²) in [5.74, 6) is 0.00519. The van der Waals surface area contributed by atoms with Gasteiger partial charge in [0.25, 0.3) is 0 Å². The lowest BCUT2D eigenvalue weighted by Crippen LogP contribution is -1.91. The first-order valence-corrected chi connectivity index (χ1v) is 3.68. The monoisotopic (exact) mass is 164 g/mol. The molecule has 1 nitrogen and oxygen atoms in total. The highest BCUT2D eigenvalue weighted by atomic mass is 35.5. The molecule has 0 saturated carbocycles. The van der Waals surface area contributed by atoms with Crippen molar-refractivity contribution in [3.63, 3.8) is 0 Å². The summed E-state index contributed by atoms with van der Waals surface area (Å²) in [6.07, 6.45) is 3.32. The number of hydrogen-bond donors (Lipinski definition) is 0. The molecule has 1 aromatic carbocycles. The molecule has 1 aliphatic rings. The standard InChI is InChI=1S/C9H5ClO/c10-7-3-1-2-6-4-5-8(11)9(6)7/h1-5H. The predicted molar refractivity (Wildman–Crippen MR) is 44.8 cm³/mol. The molecule has 0 amide bonds. The first-order valence-electron chi connectivity index (χ1n) is 3.30. The maximum Gasteiger partial charge on any atom is 0.187 e. The third-order valence-electron chi connectivity index (χ3n) is 1.71. The maximum absolute atomic E-state index is 11.1. The number of fused-ring (bicyclic) bond motifs is 1. The Hall–Kier alpha value is -1.08. The van der Waals surface area contributed by atoms with Gasteiger partial charge in [-0.3, -0.25) is 4.79 Å². The lowest BCUT2D eigenvalue weighted by molar-refractivity contribution is 0.105. The van der Waals surface area contributed by atoms with Crippen LogP contribution < -0.4 is 0 Å². The summed E-state index contributed by atoms with van der Waals surface area (Å²) in [5.41, 5.74) is 1.55. The van der Waals surface area contributed by atoms with Gasteiger partial charge in [0, 0.05) is 5.56 Å². The number of rotatable bonds is 0. The minimum absolute atomic E-state index is 0.00519. The van der Waals surface area contributed by atoms with Crippen molar-refractivity contribution in [3.05, 3.63) is 40.4 Å². The number of carbonyl (C=O) groups is 1. The molecule has 11 heavy (non-hydrogen) atoms. The second kappa shape index (κ2) is 2.21. The van der Waals surface area contributed by atoms with Gasteiger partial charge >= 0.3 is 0 Å². The average molecular weight is 165 g/mol. The van der Waals surface area contributed by atoms with Gasteiger partial charge in [-0.25, -0.2) is 0 Å². The second-order valence-corrected chi connectivity index (χ2v) is 2.81. The third kappa shape index (κ3) is 0.889. The van der Waals surface area contributed by atoms with Gasteiger partial charge in [0.2, 0.25) is 0 Å². The van der Waals surface area contributed by atoms with Gasteiger partial charge in [0.1, 0.15) is 0 Å². The zero-order valence-corrected chi connectivity index (χ0v) is 6.43. The van der Waals surface area contributed by atoms with E-state index in [1.807, 2.05) is 12.1 Å². The first-order chi connectivity index (χ1) is 5.29. The van der Waals surface area contributed by atoms with Crippen molar-refractivity contribution >= 4 is 23.5 Å². The average Bonchev–Trinajstić information content (AvgIpc) is 2.34. The van der Waals surface area contributed by atoms with E-state index in [2.05, 4.69) is 0 Å². The van der Waals surface area contributed by atoms with E-state index in [0.29, 0.717) is 10.6 Å². The number of halogens is 1. The number of allylic oxidation sites excluding steroid dienone is 1. The van der Waals surface area contributed by atoms with Crippen molar-refractivity contribution in [2.24, 2.45) is 0 Å². The van der Waals surface area contributed by atoms with Crippen LogP contribution in [0.3, 0.4) is 0 Å². The third-order valence-corrected chi connectivity index (χ3v) is 2.02. The van der Waals surface area contributed by atoms with Crippen molar-refractivity contribution in [1.29, 1.82) is 0 Å². The summed E-state index contributed by atoms with van der Waals surface area (Å²) in [5, 5.41) is 0.539. The summed E-state index contributed by atoms with van der Waals surface area (Å²) in [6.45, 7) is 0. The highest BCUT2D eigenvalue weighted by Gasteiger charge is 2.15. The van der Waals surface area contributed by atoms with Crippen LogP contribution in [0.2, 0.25) is 5.02 Å². The molecule has 2 rings (SSSR count). The van der Waals surface area contributed by atoms with E-state index in [1.165, 1.54) is 6.08 Å². The van der Waals surface area contributed by atoms with E-state index in [0.717, 1.165) is 5.56 Å². The molecule has 0 aromatic heterocycles. The molecule has 0 N–H and O–H groups in total. The van der Waals surface area contributed by atoms with E-state index in [1.54, 1.807) is 12.1 Å². The Bertz CT molecular complexity index is 353. The Morgan fingerprint density at radius 2 is 2.00 bits per heavy atom. The van der Waals surface area contributed by atoms with E-state index < -0.39 is 0 Å². The van der Waals surface area contributed by atoms with Crippen LogP contribution in [0.15, 0.2) is 24.3 Å². The fourth-order valence-corrected chi connectivity index (χ4v) is 1.46. The lowest BCUT2D eigenvalue weighted by atomic mass is 10.1. The smallest absolute Gasteiger partial charge is 0.187 e. The van der Waals surface area contributed by atoms with Crippen LogP contribution in [0.4, 0.5) is 0 Å². The molecule has 0 bridgehead atoms. The molecular weight excluding hydrogens is 160 g/mol. The number of hydrogen-bond acceptors (Lipinski definition) is 1. The zero-order chi connectivity index (χ0) is 7.84. The quantitative estimate of drug-likeness (QED) is 0.576. The van der Waals surface area contributed by atoms with Crippen LogP contribution in [-0.4, -0.2) is 5.78 Å². The molecule has 0 unspecified atom stereocenters. The summed E-state index contributed by atoms with van der Waals surface area (Å²) in [4.78, 5) is 11.1. The molecule has 0 heterocycles. The molecular formula is C9H5ClO. The number of carbonyl (C=O) groups excluding carboxylic acids is 1. The maximum atomic E-state index is 11.1. The van der Waals surface area contributed by atoms with Gasteiger partial charge in [-0.1, -0.05) is 29.8 Å². The van der Waals surface area contributed by atoms with Gasteiger partial charge in [-0.15, -0.1) is 0 Å². The van der Waals surface area contributed by atoms with Crippen LogP contribution in [0.25, 0.3) is 6.08 Å². The van der Waals surface area contributed by atoms with Crippen molar-refractivity contribution in [2.75, 3.05) is 0 Å². The summed E-state index contributed by atoms with van der Waals surface area (Å²) >= 11 is 5.80. The van der Waals surface area contributed by atoms with Crippen molar-refractivity contribution in [1.82, 2.24) is 0 Å². The molecule has 0 fully saturated rings. The van der Waals surface area contributed by atoms with E-state index >= 15 is 0 Å². The van der Waals surface area contributed by atoms with Crippen molar-refractivity contribution < 1.29 is 4.79 Å².